The van der Waals surface area contributed by atoms with Crippen molar-refractivity contribution in [3.05, 3.63) is 83.6 Å². The van der Waals surface area contributed by atoms with E-state index < -0.39 is 5.91 Å². The number of fused-ring (bicyclic) bond motifs is 1. The molecular formula is C34H39N7O4. The number of methoxy groups -OCH3 is 1. The van der Waals surface area contributed by atoms with Crippen LogP contribution in [0.15, 0.2) is 66.9 Å². The molecule has 1 saturated carbocycles. The molecule has 1 aliphatic heterocycles. The number of rotatable bonds is 12. The maximum Gasteiger partial charge on any atom is 0.252 e. The summed E-state index contributed by atoms with van der Waals surface area (Å²) in [6.07, 6.45) is 8.55. The number of likely N-dealkylation sites (N-methyl/N-ethyl adjacent to an activating group) is 1. The zero-order valence-corrected chi connectivity index (χ0v) is 25.9. The number of carbonyl (C=O) groups excluding carboxylic acids is 2. The summed E-state index contributed by atoms with van der Waals surface area (Å²) in [5, 5.41) is 9.19. The Morgan fingerprint density at radius 2 is 1.91 bits per heavy atom. The number of nitrogens with two attached hydrogens (primary N) is 1. The molecular weight excluding hydrogens is 570 g/mol. The van der Waals surface area contributed by atoms with Crippen LogP contribution in [-0.4, -0.2) is 82.3 Å². The average molecular weight is 610 g/mol. The molecule has 234 valence electrons. The number of pyridine rings is 1. The van der Waals surface area contributed by atoms with Gasteiger partial charge in [-0.05, 0) is 63.1 Å². The largest absolute Gasteiger partial charge is 0.497 e. The number of aryl methyl sites for hydroxylation is 1. The van der Waals surface area contributed by atoms with Crippen molar-refractivity contribution in [3.63, 3.8) is 0 Å². The van der Waals surface area contributed by atoms with E-state index in [1.807, 2.05) is 52.9 Å². The van der Waals surface area contributed by atoms with Gasteiger partial charge in [0.2, 0.25) is 5.91 Å². The lowest BCUT2D eigenvalue weighted by atomic mass is 10.1. The number of likely N-dealkylation sites (tertiary alicyclic amines) is 1. The number of anilines is 1. The molecule has 0 unspecified atom stereocenters. The number of amides is 2. The summed E-state index contributed by atoms with van der Waals surface area (Å²) < 4.78 is 13.5. The molecule has 3 N–H and O–H groups in total. The Bertz CT molecular complexity index is 1730. The number of primary amides is 1. The van der Waals surface area contributed by atoms with Crippen LogP contribution in [0, 0.1) is 6.92 Å². The Morgan fingerprint density at radius 1 is 1.11 bits per heavy atom. The van der Waals surface area contributed by atoms with Gasteiger partial charge in [0.1, 0.15) is 22.6 Å². The summed E-state index contributed by atoms with van der Waals surface area (Å²) in [5.41, 5.74) is 8.52. The summed E-state index contributed by atoms with van der Waals surface area (Å²) in [5.74, 6) is 1.65. The van der Waals surface area contributed by atoms with Crippen LogP contribution in [0.5, 0.6) is 17.2 Å². The van der Waals surface area contributed by atoms with Crippen LogP contribution in [-0.2, 0) is 11.3 Å². The number of nitrogens with one attached hydrogen (secondary N) is 1. The molecule has 45 heavy (non-hydrogen) atoms. The van der Waals surface area contributed by atoms with Crippen molar-refractivity contribution in [1.29, 1.82) is 0 Å². The van der Waals surface area contributed by atoms with Crippen molar-refractivity contribution in [2.24, 2.45) is 5.73 Å². The second kappa shape index (κ2) is 13.0. The third-order valence-corrected chi connectivity index (χ3v) is 8.37. The number of hydrogen-bond acceptors (Lipinski definition) is 8. The van der Waals surface area contributed by atoms with Gasteiger partial charge < -0.3 is 25.4 Å². The molecule has 2 aliphatic rings. The highest BCUT2D eigenvalue weighted by molar-refractivity contribution is 5.97. The van der Waals surface area contributed by atoms with Crippen LogP contribution in [0.4, 0.5) is 5.82 Å². The standard InChI is InChI=1S/C34H39N7O4/c1-22-6-13-28(27(19-22)32(35)43)45-29-14-16-36-34-31(29)33(38-41(34)20-23-7-11-26(44-3)12-8-23)37-24-15-18-40(21-24)30(42)5-4-17-39(2)25-9-10-25/h4-8,11-14,16,19,24-25H,9-10,15,17-18,20-21H2,1-3H3,(H2,35,43)(H,37,38)/b5-4+/t24-/m1/s1. The molecule has 0 radical (unpaired) electrons. The first-order valence-electron chi connectivity index (χ1n) is 15.3. The molecule has 2 aromatic heterocycles. The van der Waals surface area contributed by atoms with Crippen molar-refractivity contribution >= 4 is 28.7 Å². The Morgan fingerprint density at radius 3 is 2.64 bits per heavy atom. The molecule has 3 heterocycles. The molecule has 11 heteroatoms. The molecule has 0 spiro atoms. The van der Waals surface area contributed by atoms with Gasteiger partial charge in [0.25, 0.3) is 5.91 Å². The lowest BCUT2D eigenvalue weighted by molar-refractivity contribution is -0.125. The minimum absolute atomic E-state index is 0.0161. The monoisotopic (exact) mass is 609 g/mol. The SMILES string of the molecule is COc1ccc(Cn2nc(N[C@@H]3CCN(C(=O)/C=C/CN(C)C4CC4)C3)c3c(Oc4ccc(C)cc4C(N)=O)ccnc32)cc1. The summed E-state index contributed by atoms with van der Waals surface area (Å²) in [6.45, 7) is 4.33. The summed E-state index contributed by atoms with van der Waals surface area (Å²) >= 11 is 0. The molecule has 1 aliphatic carbocycles. The fourth-order valence-electron chi connectivity index (χ4n) is 5.68. The van der Waals surface area contributed by atoms with Gasteiger partial charge in [-0.25, -0.2) is 9.67 Å². The number of aromatic nitrogens is 3. The Labute approximate surface area is 262 Å². The molecule has 2 aromatic carbocycles. The van der Waals surface area contributed by atoms with Crippen molar-refractivity contribution in [2.45, 2.75) is 44.8 Å². The van der Waals surface area contributed by atoms with Gasteiger partial charge in [-0.2, -0.15) is 5.10 Å². The molecule has 6 rings (SSSR count). The lowest BCUT2D eigenvalue weighted by Crippen LogP contribution is -2.30. The maximum absolute atomic E-state index is 12.9. The summed E-state index contributed by atoms with van der Waals surface area (Å²) in [7, 11) is 3.74. The second-order valence-electron chi connectivity index (χ2n) is 11.8. The smallest absolute Gasteiger partial charge is 0.252 e. The summed E-state index contributed by atoms with van der Waals surface area (Å²) in [4.78, 5) is 34.0. The van der Waals surface area contributed by atoms with E-state index in [-0.39, 0.29) is 11.9 Å². The fourth-order valence-corrected chi connectivity index (χ4v) is 5.68. The van der Waals surface area contributed by atoms with Crippen LogP contribution in [0.25, 0.3) is 11.0 Å². The topological polar surface area (TPSA) is 128 Å². The molecule has 2 fully saturated rings. The Balaban J connectivity index is 1.27. The summed E-state index contributed by atoms with van der Waals surface area (Å²) in [6, 6.07) is 15.5. The van der Waals surface area contributed by atoms with E-state index >= 15 is 0 Å². The van der Waals surface area contributed by atoms with Crippen LogP contribution in [0.1, 0.15) is 40.7 Å². The number of hydrogen-bond donors (Lipinski definition) is 2. The van der Waals surface area contributed by atoms with Crippen molar-refractivity contribution in [2.75, 3.05) is 39.1 Å². The van der Waals surface area contributed by atoms with E-state index in [0.29, 0.717) is 59.6 Å². The first-order valence-corrected chi connectivity index (χ1v) is 15.3. The van der Waals surface area contributed by atoms with Crippen LogP contribution < -0.4 is 20.5 Å². The predicted octanol–water partition coefficient (Wildman–Crippen LogP) is 4.35. The lowest BCUT2D eigenvalue weighted by Gasteiger charge is -2.16. The van der Waals surface area contributed by atoms with E-state index in [0.717, 1.165) is 29.8 Å². The number of carbonyl (C=O) groups is 2. The third kappa shape index (κ3) is 6.93. The van der Waals surface area contributed by atoms with Gasteiger partial charge in [-0.15, -0.1) is 0 Å². The number of benzene rings is 2. The first-order chi connectivity index (χ1) is 21.8. The third-order valence-electron chi connectivity index (χ3n) is 8.37. The van der Waals surface area contributed by atoms with Gasteiger partial charge >= 0.3 is 0 Å². The highest BCUT2D eigenvalue weighted by Crippen LogP contribution is 2.36. The second-order valence-corrected chi connectivity index (χ2v) is 11.8. The van der Waals surface area contributed by atoms with Crippen LogP contribution in [0.2, 0.25) is 0 Å². The molecule has 1 saturated heterocycles. The number of nitrogens with zero attached hydrogens (tertiary/aromatic N) is 5. The van der Waals surface area contributed by atoms with Crippen molar-refractivity contribution < 1.29 is 19.1 Å². The van der Waals surface area contributed by atoms with E-state index in [9.17, 15) is 9.59 Å². The van der Waals surface area contributed by atoms with E-state index in [1.165, 1.54) is 12.8 Å². The van der Waals surface area contributed by atoms with Gasteiger partial charge in [-0.1, -0.05) is 29.8 Å². The zero-order chi connectivity index (χ0) is 31.5. The minimum atomic E-state index is -0.573. The highest BCUT2D eigenvalue weighted by Gasteiger charge is 2.28. The number of ether oxygens (including phenoxy) is 2. The average Bonchev–Trinajstić information content (AvgIpc) is 3.70. The van der Waals surface area contributed by atoms with Gasteiger partial charge in [0, 0.05) is 50.1 Å². The normalized spacial score (nSPS) is 16.5. The predicted molar refractivity (Wildman–Crippen MR) is 173 cm³/mol. The van der Waals surface area contributed by atoms with Crippen LogP contribution in [0.3, 0.4) is 0 Å². The van der Waals surface area contributed by atoms with E-state index in [1.54, 1.807) is 37.6 Å². The molecule has 11 nitrogen and oxygen atoms in total. The molecule has 4 aromatic rings. The van der Waals surface area contributed by atoms with E-state index in [4.69, 9.17) is 20.3 Å². The van der Waals surface area contributed by atoms with Crippen LogP contribution >= 0.6 is 0 Å². The van der Waals surface area contributed by atoms with Gasteiger partial charge in [0.05, 0.1) is 19.2 Å². The first kappa shape index (κ1) is 30.1. The van der Waals surface area contributed by atoms with E-state index in [2.05, 4.69) is 22.2 Å². The van der Waals surface area contributed by atoms with Crippen molar-refractivity contribution in [3.8, 4) is 17.2 Å². The van der Waals surface area contributed by atoms with Gasteiger partial charge in [0.15, 0.2) is 11.5 Å². The highest BCUT2D eigenvalue weighted by atomic mass is 16.5. The zero-order valence-electron chi connectivity index (χ0n) is 25.9. The molecule has 0 bridgehead atoms. The van der Waals surface area contributed by atoms with Gasteiger partial charge in [-0.3, -0.25) is 14.5 Å². The molecule has 1 atom stereocenters. The molecule has 2 amide bonds. The van der Waals surface area contributed by atoms with Crippen molar-refractivity contribution in [1.82, 2.24) is 24.6 Å². The Kier molecular flexibility index (Phi) is 8.70. The fraction of sp³-hybridized carbons (Fsp3) is 0.353. The Hall–Kier alpha value is -4.90. The maximum atomic E-state index is 12.9. The minimum Gasteiger partial charge on any atom is -0.497 e. The quantitative estimate of drug-likeness (QED) is 0.227.